The van der Waals surface area contributed by atoms with Crippen molar-refractivity contribution < 1.29 is 32.9 Å². The molecule has 0 bridgehead atoms. The van der Waals surface area contributed by atoms with E-state index in [4.69, 9.17) is 9.05 Å². The van der Waals surface area contributed by atoms with Crippen molar-refractivity contribution in [2.24, 2.45) is 0 Å². The van der Waals surface area contributed by atoms with Gasteiger partial charge < -0.3 is 28.8 Å². The van der Waals surface area contributed by atoms with Crippen molar-refractivity contribution in [2.75, 3.05) is 40.9 Å². The van der Waals surface area contributed by atoms with E-state index in [0.717, 1.165) is 38.5 Å². The second-order valence-corrected chi connectivity index (χ2v) is 23.1. The molecule has 0 saturated heterocycles. The van der Waals surface area contributed by atoms with Crippen LogP contribution in [-0.4, -0.2) is 68.5 Å². The number of phosphoric acid groups is 1. The van der Waals surface area contributed by atoms with Crippen LogP contribution < -0.4 is 10.2 Å². The van der Waals surface area contributed by atoms with Crippen LogP contribution in [0.3, 0.4) is 0 Å². The number of aliphatic hydroxyl groups is 1. The molecule has 0 spiro atoms. The van der Waals surface area contributed by atoms with E-state index in [1.165, 1.54) is 244 Å². The Balaban J connectivity index is 3.70. The third-order valence-corrected chi connectivity index (χ3v) is 14.8. The van der Waals surface area contributed by atoms with Gasteiger partial charge in [0.05, 0.1) is 39.9 Å². The second kappa shape index (κ2) is 49.5. The van der Waals surface area contributed by atoms with Gasteiger partial charge in [0.25, 0.3) is 7.82 Å². The van der Waals surface area contributed by atoms with Crippen LogP contribution in [0.2, 0.25) is 0 Å². The van der Waals surface area contributed by atoms with Crippen LogP contribution in [0.15, 0.2) is 0 Å². The molecule has 9 heteroatoms. The Kier molecular flexibility index (Phi) is 49.1. The summed E-state index contributed by atoms with van der Waals surface area (Å²) in [6.07, 6.45) is 59.2. The highest BCUT2D eigenvalue weighted by atomic mass is 31.2. The van der Waals surface area contributed by atoms with Gasteiger partial charge in [0.1, 0.15) is 13.2 Å². The van der Waals surface area contributed by atoms with E-state index in [1.807, 2.05) is 21.1 Å². The number of hydrogen-bond donors (Lipinski definition) is 2. The molecule has 2 N–H and O–H groups in total. The smallest absolute Gasteiger partial charge is 0.268 e. The Morgan fingerprint density at radius 2 is 0.742 bits per heavy atom. The van der Waals surface area contributed by atoms with Gasteiger partial charge in [0, 0.05) is 6.42 Å². The number of aliphatic hydroxyl groups excluding tert-OH is 1. The summed E-state index contributed by atoms with van der Waals surface area (Å²) >= 11 is 0. The summed E-state index contributed by atoms with van der Waals surface area (Å²) in [5.74, 6) is -0.162. The molecule has 3 unspecified atom stereocenters. The summed E-state index contributed by atoms with van der Waals surface area (Å²) in [6, 6.07) is -0.792. The van der Waals surface area contributed by atoms with Crippen molar-refractivity contribution in [3.63, 3.8) is 0 Å². The van der Waals surface area contributed by atoms with Crippen molar-refractivity contribution in [3.05, 3.63) is 0 Å². The van der Waals surface area contributed by atoms with Crippen molar-refractivity contribution in [1.29, 1.82) is 0 Å². The highest BCUT2D eigenvalue weighted by Gasteiger charge is 2.24. The van der Waals surface area contributed by atoms with E-state index in [1.54, 1.807) is 0 Å². The lowest BCUT2D eigenvalue weighted by molar-refractivity contribution is -0.870. The number of nitrogens with one attached hydrogen (secondary N) is 1. The molecule has 0 saturated carbocycles. The molecular weight excluding hydrogens is 840 g/mol. The summed E-state index contributed by atoms with van der Waals surface area (Å²) in [7, 11) is 1.32. The third kappa shape index (κ3) is 51.4. The van der Waals surface area contributed by atoms with E-state index in [0.29, 0.717) is 23.9 Å². The molecule has 0 aliphatic rings. The molecule has 1 amide bonds. The van der Waals surface area contributed by atoms with E-state index in [9.17, 15) is 19.4 Å². The number of unbranched alkanes of at least 4 members (excludes halogenated alkanes) is 42. The normalized spacial score (nSPS) is 13.9. The van der Waals surface area contributed by atoms with Gasteiger partial charge in [-0.2, -0.15) is 0 Å². The van der Waals surface area contributed by atoms with Crippen LogP contribution in [0.25, 0.3) is 0 Å². The van der Waals surface area contributed by atoms with Gasteiger partial charge in [0.2, 0.25) is 5.91 Å². The average Bonchev–Trinajstić information content (AvgIpc) is 3.28. The first-order chi connectivity index (χ1) is 32.0. The monoisotopic (exact) mass is 957 g/mol. The zero-order valence-electron chi connectivity index (χ0n) is 45.2. The van der Waals surface area contributed by atoms with E-state index < -0.39 is 20.0 Å². The average molecular weight is 958 g/mol. The summed E-state index contributed by atoms with van der Waals surface area (Å²) < 4.78 is 23.2. The summed E-state index contributed by atoms with van der Waals surface area (Å²) in [6.45, 7) is 4.71. The third-order valence-electron chi connectivity index (χ3n) is 13.8. The van der Waals surface area contributed by atoms with Gasteiger partial charge in [-0.1, -0.05) is 290 Å². The Morgan fingerprint density at radius 1 is 0.470 bits per heavy atom. The zero-order valence-corrected chi connectivity index (χ0v) is 46.1. The SMILES string of the molecule is CCCCCCCCCCCCCCCCCCCCCCCCCCCCCCCCCCCCCCCC(=O)NC(COP(=O)([O-])OCC[N+](C)(C)C)C(O)CCCCCCCCC. The van der Waals surface area contributed by atoms with E-state index in [2.05, 4.69) is 19.2 Å². The maximum absolute atomic E-state index is 12.9. The molecule has 0 aliphatic heterocycles. The van der Waals surface area contributed by atoms with Crippen molar-refractivity contribution in [2.45, 2.75) is 321 Å². The van der Waals surface area contributed by atoms with Crippen LogP contribution in [0.4, 0.5) is 0 Å². The minimum absolute atomic E-state index is 0.0155. The minimum atomic E-state index is -4.55. The van der Waals surface area contributed by atoms with Gasteiger partial charge in [-0.15, -0.1) is 0 Å². The fraction of sp³-hybridized carbons (Fsp3) is 0.982. The van der Waals surface area contributed by atoms with Crippen molar-refractivity contribution in [3.8, 4) is 0 Å². The highest BCUT2D eigenvalue weighted by molar-refractivity contribution is 7.45. The first kappa shape index (κ1) is 65.5. The van der Waals surface area contributed by atoms with Crippen LogP contribution in [-0.2, 0) is 18.4 Å². The Hall–Kier alpha value is -0.500. The van der Waals surface area contributed by atoms with Crippen LogP contribution in [0, 0.1) is 0 Å². The summed E-state index contributed by atoms with van der Waals surface area (Å²) in [5.41, 5.74) is 0. The minimum Gasteiger partial charge on any atom is -0.756 e. The van der Waals surface area contributed by atoms with Gasteiger partial charge in [-0.05, 0) is 12.8 Å². The number of hydrogen-bond acceptors (Lipinski definition) is 6. The van der Waals surface area contributed by atoms with Gasteiger partial charge >= 0.3 is 0 Å². The number of carbonyl (C=O) groups is 1. The van der Waals surface area contributed by atoms with Crippen LogP contribution in [0.1, 0.15) is 309 Å². The zero-order chi connectivity index (χ0) is 48.5. The number of likely N-dealkylation sites (N-methyl/N-ethyl adjacent to an activating group) is 1. The quantitative estimate of drug-likeness (QED) is 0.0357. The highest BCUT2D eigenvalue weighted by Crippen LogP contribution is 2.38. The lowest BCUT2D eigenvalue weighted by Gasteiger charge is -2.30. The predicted octanol–water partition coefficient (Wildman–Crippen LogP) is 17.0. The fourth-order valence-corrected chi connectivity index (χ4v) is 9.94. The first-order valence-electron chi connectivity index (χ1n) is 29.4. The molecule has 0 aliphatic carbocycles. The number of amides is 1. The Labute approximate surface area is 412 Å². The molecule has 3 atom stereocenters. The number of nitrogens with zero attached hydrogens (tertiary/aromatic N) is 1. The van der Waals surface area contributed by atoms with Crippen LogP contribution >= 0.6 is 7.82 Å². The second-order valence-electron chi connectivity index (χ2n) is 21.7. The van der Waals surface area contributed by atoms with E-state index >= 15 is 0 Å². The van der Waals surface area contributed by atoms with Gasteiger partial charge in [-0.3, -0.25) is 9.36 Å². The largest absolute Gasteiger partial charge is 0.756 e. The summed E-state index contributed by atoms with van der Waals surface area (Å²) in [5, 5.41) is 13.8. The van der Waals surface area contributed by atoms with Crippen molar-refractivity contribution >= 4 is 13.7 Å². The lowest BCUT2D eigenvalue weighted by Crippen LogP contribution is -2.46. The molecule has 0 radical (unpaired) electrons. The number of quaternary nitrogens is 1. The standard InChI is InChI=1S/C57H117N2O6P/c1-6-8-10-12-14-15-16-17-18-19-20-21-22-23-24-25-26-27-28-29-30-31-32-33-34-35-36-37-38-39-40-41-42-43-45-47-49-51-57(61)58-55(56(60)50-48-46-44-13-11-9-7-2)54-65-66(62,63)64-53-52-59(3,4)5/h55-56,60H,6-54H2,1-5H3,(H-,58,61,62,63). The van der Waals surface area contributed by atoms with Gasteiger partial charge in [0.15, 0.2) is 0 Å². The van der Waals surface area contributed by atoms with E-state index in [-0.39, 0.29) is 19.1 Å². The maximum atomic E-state index is 12.9. The number of phosphoric ester groups is 1. The molecular formula is C57H117N2O6P. The molecule has 0 aromatic carbocycles. The molecule has 8 nitrogen and oxygen atoms in total. The molecule has 0 rings (SSSR count). The fourth-order valence-electron chi connectivity index (χ4n) is 9.22. The maximum Gasteiger partial charge on any atom is 0.268 e. The molecule has 0 aromatic heterocycles. The molecule has 396 valence electrons. The number of carbonyl (C=O) groups excluding carboxylic acids is 1. The Morgan fingerprint density at radius 3 is 1.03 bits per heavy atom. The van der Waals surface area contributed by atoms with Crippen LogP contribution in [0.5, 0.6) is 0 Å². The van der Waals surface area contributed by atoms with Gasteiger partial charge in [-0.25, -0.2) is 0 Å². The lowest BCUT2D eigenvalue weighted by atomic mass is 10.0. The topological polar surface area (TPSA) is 108 Å². The molecule has 0 fully saturated rings. The molecule has 66 heavy (non-hydrogen) atoms. The molecule has 0 heterocycles. The predicted molar refractivity (Wildman–Crippen MR) is 284 cm³/mol. The molecule has 0 aromatic rings. The number of rotatable bonds is 55. The Bertz CT molecular complexity index is 1040. The first-order valence-corrected chi connectivity index (χ1v) is 30.8. The van der Waals surface area contributed by atoms with Crippen molar-refractivity contribution in [1.82, 2.24) is 5.32 Å². The summed E-state index contributed by atoms with van der Waals surface area (Å²) in [4.78, 5) is 25.3.